The molecule has 0 bridgehead atoms. The monoisotopic (exact) mass is 213 g/mol. The minimum Gasteiger partial charge on any atom is -0.368 e. The van der Waals surface area contributed by atoms with Gasteiger partial charge in [-0.3, -0.25) is 4.79 Å². The number of hydrogen-bond acceptors (Lipinski definition) is 3. The van der Waals surface area contributed by atoms with Gasteiger partial charge in [0.1, 0.15) is 0 Å². The second-order valence-electron chi connectivity index (χ2n) is 4.89. The highest BCUT2D eigenvalue weighted by atomic mass is 16.1. The first kappa shape index (κ1) is 12.5. The minimum atomic E-state index is -0.465. The van der Waals surface area contributed by atoms with E-state index in [2.05, 4.69) is 24.1 Å². The van der Waals surface area contributed by atoms with Crippen molar-refractivity contribution in [2.45, 2.75) is 32.2 Å². The quantitative estimate of drug-likeness (QED) is 0.700. The number of primary amides is 1. The highest BCUT2D eigenvalue weighted by Crippen LogP contribution is 2.22. The minimum absolute atomic E-state index is 0.214. The van der Waals surface area contributed by atoms with Gasteiger partial charge < -0.3 is 16.0 Å². The van der Waals surface area contributed by atoms with Crippen molar-refractivity contribution in [2.75, 3.05) is 26.7 Å². The molecule has 88 valence electrons. The zero-order chi connectivity index (χ0) is 11.5. The Morgan fingerprint density at radius 2 is 2.00 bits per heavy atom. The SMILES string of the molecule is CNC1(C(N)=O)CCN(CC(C)C)CC1. The lowest BCUT2D eigenvalue weighted by atomic mass is 9.86. The van der Waals surface area contributed by atoms with Crippen LogP contribution in [-0.4, -0.2) is 43.0 Å². The topological polar surface area (TPSA) is 58.4 Å². The molecule has 1 amide bonds. The standard InChI is InChI=1S/C11H23N3O/c1-9(2)8-14-6-4-11(13-3,5-7-14)10(12)15/h9,13H,4-8H2,1-3H3,(H2,12,15). The fourth-order valence-electron chi connectivity index (χ4n) is 2.25. The first-order valence-corrected chi connectivity index (χ1v) is 5.71. The molecule has 0 aromatic rings. The molecule has 15 heavy (non-hydrogen) atoms. The highest BCUT2D eigenvalue weighted by molar-refractivity contribution is 5.84. The molecule has 0 unspecified atom stereocenters. The van der Waals surface area contributed by atoms with E-state index in [1.165, 1.54) is 0 Å². The maximum absolute atomic E-state index is 11.4. The molecule has 3 N–H and O–H groups in total. The molecule has 4 nitrogen and oxygen atoms in total. The first-order chi connectivity index (χ1) is 7.00. The van der Waals surface area contributed by atoms with Crippen LogP contribution in [-0.2, 0) is 4.79 Å². The molecule has 1 aliphatic heterocycles. The van der Waals surface area contributed by atoms with Gasteiger partial charge in [-0.1, -0.05) is 13.8 Å². The average Bonchev–Trinajstić information content (AvgIpc) is 2.18. The van der Waals surface area contributed by atoms with Crippen molar-refractivity contribution in [2.24, 2.45) is 11.7 Å². The lowest BCUT2D eigenvalue weighted by molar-refractivity contribution is -0.126. The van der Waals surface area contributed by atoms with Crippen LogP contribution < -0.4 is 11.1 Å². The second-order valence-corrected chi connectivity index (χ2v) is 4.89. The second kappa shape index (κ2) is 4.94. The van der Waals surface area contributed by atoms with Gasteiger partial charge in [0.15, 0.2) is 0 Å². The number of carbonyl (C=O) groups is 1. The summed E-state index contributed by atoms with van der Waals surface area (Å²) in [6.45, 7) is 7.46. The van der Waals surface area contributed by atoms with Gasteiger partial charge in [0, 0.05) is 19.6 Å². The van der Waals surface area contributed by atoms with E-state index in [1.54, 1.807) is 0 Å². The van der Waals surface area contributed by atoms with E-state index in [9.17, 15) is 4.79 Å². The Kier molecular flexibility index (Phi) is 4.11. The van der Waals surface area contributed by atoms with E-state index in [0.717, 1.165) is 32.5 Å². The van der Waals surface area contributed by atoms with E-state index >= 15 is 0 Å². The number of nitrogens with two attached hydrogens (primary N) is 1. The molecule has 1 fully saturated rings. The lowest BCUT2D eigenvalue weighted by Gasteiger charge is -2.40. The third-order valence-electron chi connectivity index (χ3n) is 3.28. The van der Waals surface area contributed by atoms with Crippen LogP contribution >= 0.6 is 0 Å². The van der Waals surface area contributed by atoms with Gasteiger partial charge >= 0.3 is 0 Å². The van der Waals surface area contributed by atoms with Gasteiger partial charge in [0.25, 0.3) is 0 Å². The maximum Gasteiger partial charge on any atom is 0.237 e. The molecule has 0 aromatic heterocycles. The van der Waals surface area contributed by atoms with Gasteiger partial charge in [0.2, 0.25) is 5.91 Å². The highest BCUT2D eigenvalue weighted by Gasteiger charge is 2.38. The molecule has 4 heteroatoms. The number of carbonyl (C=O) groups excluding carboxylic acids is 1. The maximum atomic E-state index is 11.4. The Balaban J connectivity index is 2.50. The zero-order valence-corrected chi connectivity index (χ0v) is 10.0. The molecular weight excluding hydrogens is 190 g/mol. The lowest BCUT2D eigenvalue weighted by Crippen LogP contribution is -2.59. The average molecular weight is 213 g/mol. The predicted octanol–water partition coefficient (Wildman–Crippen LogP) is 0.182. The normalized spacial score (nSPS) is 21.9. The molecular formula is C11H23N3O. The van der Waals surface area contributed by atoms with E-state index in [4.69, 9.17) is 5.73 Å². The summed E-state index contributed by atoms with van der Waals surface area (Å²) in [6, 6.07) is 0. The van der Waals surface area contributed by atoms with Crippen molar-refractivity contribution < 1.29 is 4.79 Å². The number of piperidine rings is 1. The molecule has 0 aliphatic carbocycles. The van der Waals surface area contributed by atoms with Crippen molar-refractivity contribution in [3.05, 3.63) is 0 Å². The van der Waals surface area contributed by atoms with Crippen molar-refractivity contribution in [3.63, 3.8) is 0 Å². The third kappa shape index (κ3) is 2.92. The summed E-state index contributed by atoms with van der Waals surface area (Å²) >= 11 is 0. The molecule has 0 spiro atoms. The number of likely N-dealkylation sites (tertiary alicyclic amines) is 1. The molecule has 1 saturated heterocycles. The van der Waals surface area contributed by atoms with E-state index in [-0.39, 0.29) is 5.91 Å². The van der Waals surface area contributed by atoms with E-state index < -0.39 is 5.54 Å². The predicted molar refractivity (Wildman–Crippen MR) is 61.5 cm³/mol. The van der Waals surface area contributed by atoms with Crippen molar-refractivity contribution in [1.29, 1.82) is 0 Å². The molecule has 0 aromatic carbocycles. The molecule has 0 atom stereocenters. The van der Waals surface area contributed by atoms with Crippen molar-refractivity contribution in [3.8, 4) is 0 Å². The van der Waals surface area contributed by atoms with E-state index in [0.29, 0.717) is 5.92 Å². The molecule has 0 saturated carbocycles. The van der Waals surface area contributed by atoms with E-state index in [1.807, 2.05) is 7.05 Å². The molecule has 0 radical (unpaired) electrons. The smallest absolute Gasteiger partial charge is 0.237 e. The van der Waals surface area contributed by atoms with Crippen LogP contribution in [0.5, 0.6) is 0 Å². The molecule has 1 aliphatic rings. The Hall–Kier alpha value is -0.610. The Morgan fingerprint density at radius 3 is 2.33 bits per heavy atom. The fraction of sp³-hybridized carbons (Fsp3) is 0.909. The van der Waals surface area contributed by atoms with Gasteiger partial charge in [-0.15, -0.1) is 0 Å². The number of amides is 1. The van der Waals surface area contributed by atoms with Crippen LogP contribution in [0.2, 0.25) is 0 Å². The summed E-state index contributed by atoms with van der Waals surface area (Å²) in [6.07, 6.45) is 1.65. The zero-order valence-electron chi connectivity index (χ0n) is 10.0. The van der Waals surface area contributed by atoms with Crippen LogP contribution in [0.1, 0.15) is 26.7 Å². The van der Waals surface area contributed by atoms with Gasteiger partial charge in [-0.2, -0.15) is 0 Å². The van der Waals surface area contributed by atoms with Gasteiger partial charge in [0.05, 0.1) is 5.54 Å². The Bertz CT molecular complexity index is 220. The number of nitrogens with zero attached hydrogens (tertiary/aromatic N) is 1. The summed E-state index contributed by atoms with van der Waals surface area (Å²) in [4.78, 5) is 13.8. The summed E-state index contributed by atoms with van der Waals surface area (Å²) < 4.78 is 0. The van der Waals surface area contributed by atoms with Crippen LogP contribution in [0.3, 0.4) is 0 Å². The molecule has 1 heterocycles. The number of nitrogens with one attached hydrogen (secondary N) is 1. The van der Waals surface area contributed by atoms with Crippen LogP contribution in [0.25, 0.3) is 0 Å². The van der Waals surface area contributed by atoms with Crippen molar-refractivity contribution in [1.82, 2.24) is 10.2 Å². The third-order valence-corrected chi connectivity index (χ3v) is 3.28. The number of rotatable bonds is 4. The summed E-state index contributed by atoms with van der Waals surface area (Å²) in [5, 5.41) is 3.09. The van der Waals surface area contributed by atoms with Gasteiger partial charge in [-0.05, 0) is 25.8 Å². The number of likely N-dealkylation sites (N-methyl/N-ethyl adjacent to an activating group) is 1. The fourth-order valence-corrected chi connectivity index (χ4v) is 2.25. The van der Waals surface area contributed by atoms with Gasteiger partial charge in [-0.25, -0.2) is 0 Å². The Morgan fingerprint density at radius 1 is 1.47 bits per heavy atom. The van der Waals surface area contributed by atoms with Crippen LogP contribution in [0.4, 0.5) is 0 Å². The first-order valence-electron chi connectivity index (χ1n) is 5.71. The summed E-state index contributed by atoms with van der Waals surface area (Å²) in [5.41, 5.74) is 4.97. The molecule has 1 rings (SSSR count). The van der Waals surface area contributed by atoms with Crippen LogP contribution in [0, 0.1) is 5.92 Å². The number of hydrogen-bond donors (Lipinski definition) is 2. The van der Waals surface area contributed by atoms with Crippen molar-refractivity contribution >= 4 is 5.91 Å². The Labute approximate surface area is 92.2 Å². The summed E-state index contributed by atoms with van der Waals surface area (Å²) in [7, 11) is 1.82. The summed E-state index contributed by atoms with van der Waals surface area (Å²) in [5.74, 6) is 0.467. The largest absolute Gasteiger partial charge is 0.368 e. The van der Waals surface area contributed by atoms with Crippen LogP contribution in [0.15, 0.2) is 0 Å².